The molecule has 1 aliphatic rings. The lowest BCUT2D eigenvalue weighted by molar-refractivity contribution is 0.222. The Bertz CT molecular complexity index is 711. The van der Waals surface area contributed by atoms with Crippen LogP contribution in [0.25, 0.3) is 0 Å². The number of nitrogens with zero attached hydrogens (tertiary/aromatic N) is 1. The Morgan fingerprint density at radius 2 is 1.70 bits per heavy atom. The van der Waals surface area contributed by atoms with Crippen molar-refractivity contribution in [2.24, 2.45) is 5.73 Å². The van der Waals surface area contributed by atoms with Gasteiger partial charge in [-0.15, -0.1) is 0 Å². The molecule has 0 aromatic heterocycles. The molecule has 2 aromatic carbocycles. The molecule has 2 aromatic rings. The molecule has 23 heavy (non-hydrogen) atoms. The predicted molar refractivity (Wildman–Crippen MR) is 95.2 cm³/mol. The molecule has 0 saturated carbocycles. The summed E-state index contributed by atoms with van der Waals surface area (Å²) in [5.74, 6) is 1.28. The molecule has 0 aliphatic carbocycles. The second-order valence-electron chi connectivity index (χ2n) is 6.62. The summed E-state index contributed by atoms with van der Waals surface area (Å²) in [7, 11) is 3.91. The highest BCUT2D eigenvalue weighted by Gasteiger charge is 2.32. The van der Waals surface area contributed by atoms with Crippen LogP contribution >= 0.6 is 0 Å². The minimum Gasteiger partial charge on any atom is -0.496 e. The van der Waals surface area contributed by atoms with Crippen molar-refractivity contribution in [2.45, 2.75) is 25.8 Å². The maximum Gasteiger partial charge on any atom is 0.122 e. The Labute approximate surface area is 139 Å². The summed E-state index contributed by atoms with van der Waals surface area (Å²) in [5, 5.41) is 0. The Morgan fingerprint density at radius 1 is 1.04 bits per heavy atom. The lowest BCUT2D eigenvalue weighted by Crippen LogP contribution is -2.39. The number of hydrogen-bond donors (Lipinski definition) is 1. The van der Waals surface area contributed by atoms with Crippen LogP contribution in [0, 0.1) is 13.8 Å². The average Bonchev–Trinajstić information content (AvgIpc) is 2.54. The molecule has 0 saturated heterocycles. The van der Waals surface area contributed by atoms with Gasteiger partial charge in [0.15, 0.2) is 0 Å². The Hall–Kier alpha value is -1.84. The van der Waals surface area contributed by atoms with E-state index < -0.39 is 0 Å². The van der Waals surface area contributed by atoms with E-state index in [9.17, 15) is 0 Å². The van der Waals surface area contributed by atoms with Crippen molar-refractivity contribution >= 4 is 0 Å². The normalized spacial score (nSPS) is 21.1. The molecule has 2 unspecified atom stereocenters. The van der Waals surface area contributed by atoms with Gasteiger partial charge in [-0.05, 0) is 38.1 Å². The van der Waals surface area contributed by atoms with Crippen molar-refractivity contribution in [1.82, 2.24) is 4.90 Å². The molecule has 1 heterocycles. The van der Waals surface area contributed by atoms with Crippen molar-refractivity contribution < 1.29 is 4.74 Å². The van der Waals surface area contributed by atoms with Crippen LogP contribution in [0.3, 0.4) is 0 Å². The molecule has 0 bridgehead atoms. The van der Waals surface area contributed by atoms with Crippen molar-refractivity contribution in [2.75, 3.05) is 27.2 Å². The van der Waals surface area contributed by atoms with Gasteiger partial charge < -0.3 is 10.5 Å². The number of aryl methyl sites for hydroxylation is 2. The third-order valence-corrected chi connectivity index (χ3v) is 4.96. The number of rotatable bonds is 3. The van der Waals surface area contributed by atoms with Crippen molar-refractivity contribution in [3.05, 3.63) is 64.2 Å². The van der Waals surface area contributed by atoms with Gasteiger partial charge in [-0.1, -0.05) is 41.5 Å². The molecule has 1 aliphatic heterocycles. The molecule has 2 atom stereocenters. The fourth-order valence-corrected chi connectivity index (χ4v) is 3.75. The van der Waals surface area contributed by atoms with Gasteiger partial charge in [-0.3, -0.25) is 4.90 Å². The largest absolute Gasteiger partial charge is 0.496 e. The molecular formula is C20H26N2O. The van der Waals surface area contributed by atoms with E-state index in [-0.39, 0.29) is 6.04 Å². The van der Waals surface area contributed by atoms with Gasteiger partial charge in [0.1, 0.15) is 5.75 Å². The van der Waals surface area contributed by atoms with E-state index in [0.717, 1.165) is 12.3 Å². The van der Waals surface area contributed by atoms with E-state index >= 15 is 0 Å². The molecule has 3 rings (SSSR count). The van der Waals surface area contributed by atoms with Gasteiger partial charge in [-0.25, -0.2) is 0 Å². The lowest BCUT2D eigenvalue weighted by Gasteiger charge is -2.39. The van der Waals surface area contributed by atoms with Crippen LogP contribution in [-0.4, -0.2) is 32.1 Å². The summed E-state index contributed by atoms with van der Waals surface area (Å²) in [6.45, 7) is 5.89. The lowest BCUT2D eigenvalue weighted by atomic mass is 9.80. The monoisotopic (exact) mass is 310 g/mol. The van der Waals surface area contributed by atoms with Gasteiger partial charge in [0.25, 0.3) is 0 Å². The van der Waals surface area contributed by atoms with Gasteiger partial charge >= 0.3 is 0 Å². The predicted octanol–water partition coefficient (Wildman–Crippen LogP) is 3.39. The van der Waals surface area contributed by atoms with E-state index in [1.54, 1.807) is 7.11 Å². The maximum atomic E-state index is 6.04. The number of ether oxygens (including phenoxy) is 1. The quantitative estimate of drug-likeness (QED) is 0.944. The van der Waals surface area contributed by atoms with Crippen LogP contribution in [0.15, 0.2) is 36.4 Å². The highest BCUT2D eigenvalue weighted by Crippen LogP contribution is 2.41. The number of nitrogens with two attached hydrogens (primary N) is 1. The maximum absolute atomic E-state index is 6.04. The first-order valence-electron chi connectivity index (χ1n) is 8.20. The topological polar surface area (TPSA) is 38.5 Å². The van der Waals surface area contributed by atoms with E-state index in [0.29, 0.717) is 12.5 Å². The van der Waals surface area contributed by atoms with E-state index in [4.69, 9.17) is 10.5 Å². The average molecular weight is 310 g/mol. The molecule has 3 nitrogen and oxygen atoms in total. The molecule has 3 heteroatoms. The molecule has 0 radical (unpaired) electrons. The Balaban J connectivity index is 2.17. The van der Waals surface area contributed by atoms with Crippen molar-refractivity contribution in [3.8, 4) is 5.75 Å². The molecule has 0 spiro atoms. The first-order chi connectivity index (χ1) is 11.0. The summed E-state index contributed by atoms with van der Waals surface area (Å²) in [5.41, 5.74) is 12.6. The summed E-state index contributed by atoms with van der Waals surface area (Å²) in [6.07, 6.45) is 0. The van der Waals surface area contributed by atoms with Crippen LogP contribution in [-0.2, 0) is 0 Å². The smallest absolute Gasteiger partial charge is 0.122 e. The zero-order valence-corrected chi connectivity index (χ0v) is 14.5. The van der Waals surface area contributed by atoms with Crippen LogP contribution in [0.1, 0.15) is 39.8 Å². The second-order valence-corrected chi connectivity index (χ2v) is 6.62. The summed E-state index contributed by atoms with van der Waals surface area (Å²) in [6, 6.07) is 13.5. The summed E-state index contributed by atoms with van der Waals surface area (Å²) in [4.78, 5) is 2.37. The molecular weight excluding hydrogens is 284 g/mol. The number of benzene rings is 2. The van der Waals surface area contributed by atoms with Crippen molar-refractivity contribution in [1.29, 1.82) is 0 Å². The van der Waals surface area contributed by atoms with Gasteiger partial charge in [0, 0.05) is 30.6 Å². The fourth-order valence-electron chi connectivity index (χ4n) is 3.75. The van der Waals surface area contributed by atoms with E-state index in [1.165, 1.54) is 27.8 Å². The van der Waals surface area contributed by atoms with Gasteiger partial charge in [0.2, 0.25) is 0 Å². The van der Waals surface area contributed by atoms with E-state index in [1.807, 2.05) is 0 Å². The zero-order valence-electron chi connectivity index (χ0n) is 14.5. The number of fused-ring (bicyclic) bond motifs is 1. The first-order valence-corrected chi connectivity index (χ1v) is 8.20. The molecule has 2 N–H and O–H groups in total. The standard InChI is InChI=1S/C20H26N2O/c1-13-5-7-15-16(9-13)18(12-22(3)19(15)11-21)17-10-14(2)6-8-20(17)23-4/h5-10,18-19H,11-12,21H2,1-4H3. The third-order valence-electron chi connectivity index (χ3n) is 4.96. The minimum absolute atomic E-state index is 0.289. The Morgan fingerprint density at radius 3 is 2.35 bits per heavy atom. The van der Waals surface area contributed by atoms with Crippen LogP contribution in [0.5, 0.6) is 5.75 Å². The molecule has 0 amide bonds. The summed E-state index contributed by atoms with van der Waals surface area (Å²) >= 11 is 0. The van der Waals surface area contributed by atoms with Crippen LogP contribution in [0.4, 0.5) is 0 Å². The van der Waals surface area contributed by atoms with Crippen LogP contribution in [0.2, 0.25) is 0 Å². The first kappa shape index (κ1) is 16.0. The zero-order chi connectivity index (χ0) is 16.6. The van der Waals surface area contributed by atoms with Crippen molar-refractivity contribution in [3.63, 3.8) is 0 Å². The van der Waals surface area contributed by atoms with Gasteiger partial charge in [0.05, 0.1) is 7.11 Å². The van der Waals surface area contributed by atoms with Crippen LogP contribution < -0.4 is 10.5 Å². The SMILES string of the molecule is COc1ccc(C)cc1C1CN(C)C(CN)c2ccc(C)cc21. The van der Waals surface area contributed by atoms with Gasteiger partial charge in [-0.2, -0.15) is 0 Å². The highest BCUT2D eigenvalue weighted by molar-refractivity contribution is 5.49. The molecule has 122 valence electrons. The highest BCUT2D eigenvalue weighted by atomic mass is 16.5. The molecule has 0 fully saturated rings. The summed E-state index contributed by atoms with van der Waals surface area (Å²) < 4.78 is 5.64. The Kier molecular flexibility index (Phi) is 4.42. The number of hydrogen-bond acceptors (Lipinski definition) is 3. The number of likely N-dealkylation sites (N-methyl/N-ethyl adjacent to an activating group) is 1. The van der Waals surface area contributed by atoms with E-state index in [2.05, 4.69) is 62.2 Å². The third kappa shape index (κ3) is 2.87. The minimum atomic E-state index is 0.289. The fraction of sp³-hybridized carbons (Fsp3) is 0.400. The number of methoxy groups -OCH3 is 1. The second kappa shape index (κ2) is 6.34.